The molecule has 6 atom stereocenters. The highest BCUT2D eigenvalue weighted by Gasteiger charge is 2.30. The number of unbranched alkanes of at least 4 members (excludes halogenated alkanes) is 42. The Balaban J connectivity index is 5.14. The molecule has 17 nitrogen and oxygen atoms in total. The molecule has 3 unspecified atom stereocenters. The molecule has 19 heteroatoms. The molecule has 90 heavy (non-hydrogen) atoms. The summed E-state index contributed by atoms with van der Waals surface area (Å²) in [4.78, 5) is 72.3. The summed E-state index contributed by atoms with van der Waals surface area (Å²) in [6.45, 7) is 7.21. The van der Waals surface area contributed by atoms with E-state index in [-0.39, 0.29) is 25.7 Å². The number of ether oxygens (including phenoxy) is 4. The van der Waals surface area contributed by atoms with Crippen molar-refractivity contribution < 1.29 is 80.2 Å². The average Bonchev–Trinajstić information content (AvgIpc) is 3.70. The lowest BCUT2D eigenvalue weighted by atomic mass is 9.99. The van der Waals surface area contributed by atoms with Gasteiger partial charge in [0.25, 0.3) is 0 Å². The van der Waals surface area contributed by atoms with Gasteiger partial charge in [-0.25, -0.2) is 9.13 Å². The summed E-state index contributed by atoms with van der Waals surface area (Å²) in [6.07, 6.45) is 51.7. The fourth-order valence-electron chi connectivity index (χ4n) is 10.8. The van der Waals surface area contributed by atoms with Crippen molar-refractivity contribution in [3.8, 4) is 0 Å². The molecule has 0 saturated carbocycles. The van der Waals surface area contributed by atoms with Crippen molar-refractivity contribution in [3.05, 3.63) is 0 Å². The average molecular weight is 1330 g/mol. The number of aliphatic hydroxyl groups is 1. The molecule has 0 aromatic carbocycles. The molecule has 0 heterocycles. The lowest BCUT2D eigenvalue weighted by Gasteiger charge is -2.21. The van der Waals surface area contributed by atoms with Crippen LogP contribution in [0, 0.1) is 5.92 Å². The SMILES string of the molecule is CCCCCCCCCCCCCCCCCCCC(=O)OC[C@H](COP(=O)(O)OC[C@@H](O)COP(=O)(O)OC[C@@H](COC(=O)CCCCCCC)OC(=O)CCCCCCCCCCCC)OC(=O)CCCCCCCCCCCCCCCCC(C)CC. The van der Waals surface area contributed by atoms with Crippen LogP contribution in [0.25, 0.3) is 0 Å². The van der Waals surface area contributed by atoms with E-state index in [1.807, 2.05) is 0 Å². The zero-order valence-electron chi connectivity index (χ0n) is 58.3. The Labute approximate surface area is 549 Å². The molecule has 3 N–H and O–H groups in total. The van der Waals surface area contributed by atoms with E-state index < -0.39 is 97.5 Å². The molecule has 0 bridgehead atoms. The summed E-state index contributed by atoms with van der Waals surface area (Å²) in [7, 11) is -9.89. The summed E-state index contributed by atoms with van der Waals surface area (Å²) in [5, 5.41) is 10.6. The van der Waals surface area contributed by atoms with Crippen molar-refractivity contribution in [1.82, 2.24) is 0 Å². The fourth-order valence-corrected chi connectivity index (χ4v) is 12.4. The van der Waals surface area contributed by atoms with Crippen LogP contribution in [0.5, 0.6) is 0 Å². The van der Waals surface area contributed by atoms with E-state index in [1.54, 1.807) is 0 Å². The maximum absolute atomic E-state index is 13.0. The Bertz CT molecular complexity index is 1740. The van der Waals surface area contributed by atoms with E-state index in [1.165, 1.54) is 186 Å². The minimum atomic E-state index is -4.95. The second-order valence-electron chi connectivity index (χ2n) is 25.9. The number of carbonyl (C=O) groups excluding carboxylic acids is 4. The topological polar surface area (TPSA) is 237 Å². The van der Waals surface area contributed by atoms with Crippen molar-refractivity contribution in [3.63, 3.8) is 0 Å². The highest BCUT2D eigenvalue weighted by Crippen LogP contribution is 2.45. The van der Waals surface area contributed by atoms with E-state index in [4.69, 9.17) is 37.0 Å². The number of carbonyl (C=O) groups is 4. The number of rotatable bonds is 71. The van der Waals surface area contributed by atoms with Crippen LogP contribution in [0.4, 0.5) is 0 Å². The smallest absolute Gasteiger partial charge is 0.462 e. The van der Waals surface area contributed by atoms with Crippen LogP contribution in [0.15, 0.2) is 0 Å². The first kappa shape index (κ1) is 88.1. The molecular weight excluding hydrogens is 1190 g/mol. The molecule has 0 saturated heterocycles. The summed E-state index contributed by atoms with van der Waals surface area (Å²) < 4.78 is 68.1. The van der Waals surface area contributed by atoms with Crippen molar-refractivity contribution in [1.29, 1.82) is 0 Å². The van der Waals surface area contributed by atoms with Crippen molar-refractivity contribution >= 4 is 39.5 Å². The summed E-state index contributed by atoms with van der Waals surface area (Å²) >= 11 is 0. The molecule has 534 valence electrons. The van der Waals surface area contributed by atoms with E-state index >= 15 is 0 Å². The number of esters is 4. The molecule has 0 aromatic rings. The van der Waals surface area contributed by atoms with Gasteiger partial charge in [-0.1, -0.05) is 317 Å². The van der Waals surface area contributed by atoms with E-state index in [9.17, 15) is 43.2 Å². The van der Waals surface area contributed by atoms with Gasteiger partial charge in [0.15, 0.2) is 12.2 Å². The highest BCUT2D eigenvalue weighted by molar-refractivity contribution is 7.47. The van der Waals surface area contributed by atoms with E-state index in [0.717, 1.165) is 102 Å². The van der Waals surface area contributed by atoms with Crippen molar-refractivity contribution in [2.45, 2.75) is 387 Å². The normalized spacial score (nSPS) is 14.4. The number of phosphoric ester groups is 2. The lowest BCUT2D eigenvalue weighted by Crippen LogP contribution is -2.30. The Morgan fingerprint density at radius 1 is 0.311 bits per heavy atom. The molecule has 0 aromatic heterocycles. The Morgan fingerprint density at radius 3 is 0.789 bits per heavy atom. The van der Waals surface area contributed by atoms with Crippen LogP contribution in [-0.4, -0.2) is 96.7 Å². The third-order valence-electron chi connectivity index (χ3n) is 16.9. The standard InChI is InChI=1S/C71H138O17P2/c1-6-10-13-16-18-20-22-23-24-25-26-30-33-37-40-45-50-55-69(74)82-61-67(88-71(76)57-52-47-42-38-34-31-28-27-29-32-35-39-44-48-53-64(5)9-4)63-86-90(79,80)84-59-65(72)58-83-89(77,78)85-62-66(60-81-68(73)54-49-43-15-12-8-3)87-70(75)56-51-46-41-36-21-19-17-14-11-7-2/h64-67,72H,6-63H2,1-5H3,(H,77,78)(H,79,80)/t64?,65-,66+,67+/m0/s1. The van der Waals surface area contributed by atoms with Crippen molar-refractivity contribution in [2.24, 2.45) is 5.92 Å². The van der Waals surface area contributed by atoms with Gasteiger partial charge in [0.1, 0.15) is 19.3 Å². The van der Waals surface area contributed by atoms with Gasteiger partial charge in [-0.2, -0.15) is 0 Å². The van der Waals surface area contributed by atoms with Gasteiger partial charge in [-0.3, -0.25) is 37.3 Å². The predicted molar refractivity (Wildman–Crippen MR) is 363 cm³/mol. The van der Waals surface area contributed by atoms with Gasteiger partial charge < -0.3 is 33.8 Å². The molecule has 0 rings (SSSR count). The van der Waals surface area contributed by atoms with Crippen LogP contribution in [-0.2, 0) is 65.4 Å². The molecule has 0 spiro atoms. The van der Waals surface area contributed by atoms with Crippen molar-refractivity contribution in [2.75, 3.05) is 39.6 Å². The maximum Gasteiger partial charge on any atom is 0.472 e. The predicted octanol–water partition coefficient (Wildman–Crippen LogP) is 20.5. The third kappa shape index (κ3) is 63.5. The second kappa shape index (κ2) is 64.4. The number of phosphoric acid groups is 2. The first-order valence-corrected chi connectivity index (χ1v) is 40.2. The second-order valence-corrected chi connectivity index (χ2v) is 28.8. The molecular formula is C71H138O17P2. The fraction of sp³-hybridized carbons (Fsp3) is 0.944. The summed E-state index contributed by atoms with van der Waals surface area (Å²) in [5.41, 5.74) is 0. The molecule has 0 aliphatic heterocycles. The quantitative estimate of drug-likeness (QED) is 0.0222. The van der Waals surface area contributed by atoms with Gasteiger partial charge in [0, 0.05) is 25.7 Å². The van der Waals surface area contributed by atoms with Gasteiger partial charge in [0.2, 0.25) is 0 Å². The van der Waals surface area contributed by atoms with Crippen LogP contribution < -0.4 is 0 Å². The zero-order valence-corrected chi connectivity index (χ0v) is 60.1. The monoisotopic (exact) mass is 1320 g/mol. The van der Waals surface area contributed by atoms with E-state index in [2.05, 4.69) is 34.6 Å². The van der Waals surface area contributed by atoms with Crippen LogP contribution >= 0.6 is 15.6 Å². The molecule has 0 amide bonds. The summed E-state index contributed by atoms with van der Waals surface area (Å²) in [5.74, 6) is -1.29. The number of aliphatic hydroxyl groups excluding tert-OH is 1. The van der Waals surface area contributed by atoms with Crippen LogP contribution in [0.3, 0.4) is 0 Å². The first-order chi connectivity index (χ1) is 43.6. The number of hydrogen-bond acceptors (Lipinski definition) is 15. The lowest BCUT2D eigenvalue weighted by molar-refractivity contribution is -0.161. The van der Waals surface area contributed by atoms with Gasteiger partial charge in [0.05, 0.1) is 26.4 Å². The molecule has 0 aliphatic carbocycles. The Morgan fingerprint density at radius 2 is 0.533 bits per heavy atom. The van der Waals surface area contributed by atoms with Gasteiger partial charge in [-0.15, -0.1) is 0 Å². The third-order valence-corrected chi connectivity index (χ3v) is 18.8. The minimum Gasteiger partial charge on any atom is -0.462 e. The molecule has 0 radical (unpaired) electrons. The van der Waals surface area contributed by atoms with Gasteiger partial charge in [-0.05, 0) is 31.6 Å². The van der Waals surface area contributed by atoms with Crippen LogP contribution in [0.1, 0.15) is 369 Å². The Hall–Kier alpha value is -1.94. The minimum absolute atomic E-state index is 0.106. The molecule has 0 aliphatic rings. The Kier molecular flexibility index (Phi) is 63.0. The number of hydrogen-bond donors (Lipinski definition) is 3. The maximum atomic E-state index is 13.0. The molecule has 0 fully saturated rings. The highest BCUT2D eigenvalue weighted by atomic mass is 31.2. The van der Waals surface area contributed by atoms with Crippen LogP contribution in [0.2, 0.25) is 0 Å². The van der Waals surface area contributed by atoms with Gasteiger partial charge >= 0.3 is 39.5 Å². The first-order valence-electron chi connectivity index (χ1n) is 37.2. The zero-order chi connectivity index (χ0) is 66.3. The summed E-state index contributed by atoms with van der Waals surface area (Å²) in [6, 6.07) is 0. The van der Waals surface area contributed by atoms with E-state index in [0.29, 0.717) is 25.7 Å². The largest absolute Gasteiger partial charge is 0.472 e.